The second-order valence-corrected chi connectivity index (χ2v) is 16.6. The van der Waals surface area contributed by atoms with Crippen molar-refractivity contribution in [1.82, 2.24) is 0 Å². The van der Waals surface area contributed by atoms with Crippen molar-refractivity contribution in [2.75, 3.05) is 0 Å². The van der Waals surface area contributed by atoms with Gasteiger partial charge in [0.15, 0.2) is 0 Å². The maximum absolute atomic E-state index is 12.4. The molecule has 6 nitrogen and oxygen atoms in total. The molecular formula is C33H59NO5. The molecule has 0 aliphatic heterocycles. The summed E-state index contributed by atoms with van der Waals surface area (Å²) in [6.07, 6.45) is 8.28. The topological polar surface area (TPSA) is 113 Å². The Morgan fingerprint density at radius 1 is 0.949 bits per heavy atom. The van der Waals surface area contributed by atoms with Gasteiger partial charge in [-0.05, 0) is 132 Å². The van der Waals surface area contributed by atoms with E-state index in [0.29, 0.717) is 24.7 Å². The summed E-state index contributed by atoms with van der Waals surface area (Å²) in [5.41, 5.74) is 4.17. The average Bonchev–Trinajstić information content (AvgIpc) is 3.17. The molecule has 0 heterocycles. The van der Waals surface area contributed by atoms with Crippen LogP contribution in [0.3, 0.4) is 0 Å². The van der Waals surface area contributed by atoms with E-state index in [2.05, 4.69) is 34.6 Å². The lowest BCUT2D eigenvalue weighted by Crippen LogP contribution is -2.66. The zero-order chi connectivity index (χ0) is 29.4. The Kier molecular flexibility index (Phi) is 7.97. The Labute approximate surface area is 237 Å². The van der Waals surface area contributed by atoms with Gasteiger partial charge in [0.25, 0.3) is 0 Å². The van der Waals surface area contributed by atoms with E-state index in [-0.39, 0.29) is 45.6 Å². The van der Waals surface area contributed by atoms with Gasteiger partial charge >= 0.3 is 5.97 Å². The summed E-state index contributed by atoms with van der Waals surface area (Å²) >= 11 is 0. The Hall–Kier alpha value is -0.690. The van der Waals surface area contributed by atoms with Crippen LogP contribution in [0.2, 0.25) is 0 Å². The third kappa shape index (κ3) is 5.02. The molecule has 4 aliphatic rings. The molecule has 226 valence electrons. The molecule has 39 heavy (non-hydrogen) atoms. The minimum absolute atomic E-state index is 0.0450. The van der Waals surface area contributed by atoms with E-state index in [1.54, 1.807) is 6.92 Å². The van der Waals surface area contributed by atoms with Crippen molar-refractivity contribution in [3.8, 4) is 0 Å². The van der Waals surface area contributed by atoms with Crippen molar-refractivity contribution in [3.63, 3.8) is 0 Å². The van der Waals surface area contributed by atoms with E-state index in [1.165, 1.54) is 0 Å². The number of rotatable bonds is 7. The van der Waals surface area contributed by atoms with Gasteiger partial charge in [0, 0.05) is 5.41 Å². The third-order valence-corrected chi connectivity index (χ3v) is 13.2. The highest BCUT2D eigenvalue weighted by Crippen LogP contribution is 2.75. The summed E-state index contributed by atoms with van der Waals surface area (Å²) < 4.78 is 5.98. The predicted molar refractivity (Wildman–Crippen MR) is 155 cm³/mol. The Morgan fingerprint density at radius 3 is 2.15 bits per heavy atom. The second-order valence-electron chi connectivity index (χ2n) is 16.6. The molecule has 0 spiro atoms. The van der Waals surface area contributed by atoms with Crippen molar-refractivity contribution in [2.24, 2.45) is 51.1 Å². The number of aliphatic hydroxyl groups is 3. The predicted octanol–water partition coefficient (Wildman–Crippen LogP) is 5.59. The van der Waals surface area contributed by atoms with Gasteiger partial charge in [-0.25, -0.2) is 0 Å². The van der Waals surface area contributed by atoms with Crippen LogP contribution in [0.25, 0.3) is 0 Å². The lowest BCUT2D eigenvalue weighted by molar-refractivity contribution is -0.249. The van der Waals surface area contributed by atoms with Gasteiger partial charge in [0.2, 0.25) is 0 Å². The molecule has 5 N–H and O–H groups in total. The highest BCUT2D eigenvalue weighted by Gasteiger charge is 2.71. The number of hydrogen-bond donors (Lipinski definition) is 4. The van der Waals surface area contributed by atoms with E-state index < -0.39 is 23.3 Å². The lowest BCUT2D eigenvalue weighted by Gasteiger charge is -2.70. The maximum atomic E-state index is 12.4. The van der Waals surface area contributed by atoms with Gasteiger partial charge in [-0.15, -0.1) is 0 Å². The highest BCUT2D eigenvalue weighted by molar-refractivity contribution is 5.75. The average molecular weight is 550 g/mol. The number of esters is 1. The van der Waals surface area contributed by atoms with Crippen LogP contribution >= 0.6 is 0 Å². The summed E-state index contributed by atoms with van der Waals surface area (Å²) in [5.74, 6) is 0.604. The molecule has 0 aromatic carbocycles. The van der Waals surface area contributed by atoms with Crippen molar-refractivity contribution < 1.29 is 24.9 Å². The minimum Gasteiger partial charge on any atom is -0.461 e. The number of hydrogen-bond acceptors (Lipinski definition) is 6. The molecule has 0 aromatic heterocycles. The smallest absolute Gasteiger partial charge is 0.322 e. The molecule has 0 aromatic rings. The first-order chi connectivity index (χ1) is 17.7. The summed E-state index contributed by atoms with van der Waals surface area (Å²) in [5, 5.41) is 33.9. The number of carbonyl (C=O) groups is 1. The van der Waals surface area contributed by atoms with Gasteiger partial charge < -0.3 is 25.8 Å². The van der Waals surface area contributed by atoms with Crippen molar-refractivity contribution in [2.45, 2.75) is 156 Å². The van der Waals surface area contributed by atoms with Gasteiger partial charge in [0.1, 0.15) is 12.1 Å². The molecule has 6 heteroatoms. The zero-order valence-corrected chi connectivity index (χ0v) is 26.3. The molecule has 4 aliphatic carbocycles. The molecular weight excluding hydrogens is 490 g/mol. The fourth-order valence-electron chi connectivity index (χ4n) is 11.0. The van der Waals surface area contributed by atoms with Crippen molar-refractivity contribution >= 4 is 5.97 Å². The fraction of sp³-hybridized carbons (Fsp3) is 0.970. The molecule has 0 saturated heterocycles. The number of carbonyl (C=O) groups excluding carboxylic acids is 1. The Balaban J connectivity index is 1.59. The van der Waals surface area contributed by atoms with E-state index in [4.69, 9.17) is 10.5 Å². The molecule has 0 amide bonds. The van der Waals surface area contributed by atoms with Gasteiger partial charge in [-0.3, -0.25) is 4.79 Å². The van der Waals surface area contributed by atoms with Crippen LogP contribution in [0.15, 0.2) is 0 Å². The summed E-state index contributed by atoms with van der Waals surface area (Å²) in [4.78, 5) is 12.4. The van der Waals surface area contributed by atoms with Crippen LogP contribution in [0.4, 0.5) is 0 Å². The van der Waals surface area contributed by atoms with Gasteiger partial charge in [0.05, 0.1) is 17.3 Å². The molecule has 4 saturated carbocycles. The van der Waals surface area contributed by atoms with E-state index in [0.717, 1.165) is 51.4 Å². The van der Waals surface area contributed by atoms with E-state index in [9.17, 15) is 20.1 Å². The first-order valence-electron chi connectivity index (χ1n) is 15.8. The first-order valence-corrected chi connectivity index (χ1v) is 15.8. The lowest BCUT2D eigenvalue weighted by atomic mass is 9.35. The van der Waals surface area contributed by atoms with Crippen LogP contribution in [0, 0.1) is 45.3 Å². The molecule has 0 radical (unpaired) electrons. The number of aliphatic hydroxyl groups excluding tert-OH is 1. The van der Waals surface area contributed by atoms with E-state index >= 15 is 0 Å². The maximum Gasteiger partial charge on any atom is 0.322 e. The monoisotopic (exact) mass is 549 g/mol. The summed E-state index contributed by atoms with van der Waals surface area (Å²) in [7, 11) is 0. The number of ether oxygens (including phenoxy) is 1. The van der Waals surface area contributed by atoms with Crippen LogP contribution in [-0.2, 0) is 9.53 Å². The number of nitrogens with two attached hydrogens (primary N) is 1. The first kappa shape index (κ1) is 31.3. The molecule has 11 atom stereocenters. The van der Waals surface area contributed by atoms with Crippen LogP contribution in [0.1, 0.15) is 127 Å². The van der Waals surface area contributed by atoms with Crippen LogP contribution in [0.5, 0.6) is 0 Å². The SMILES string of the molecule is C[C@@H](N)C(=O)O[C@H]1CC[C@@]2(C)C(CC[C@]3(C)C2C[C@@H](O)C2C([C@](C)(O)CCCC(C)(C)O)CC[C@]23C)C1(C)C. The zero-order valence-electron chi connectivity index (χ0n) is 26.3. The molecule has 4 fully saturated rings. The van der Waals surface area contributed by atoms with Crippen LogP contribution in [-0.4, -0.2) is 50.7 Å². The Bertz CT molecular complexity index is 924. The van der Waals surface area contributed by atoms with Gasteiger partial charge in [-0.2, -0.15) is 0 Å². The Morgan fingerprint density at radius 2 is 1.56 bits per heavy atom. The second kappa shape index (κ2) is 9.95. The molecule has 4 unspecified atom stereocenters. The normalized spacial score (nSPS) is 45.9. The van der Waals surface area contributed by atoms with Crippen LogP contribution < -0.4 is 5.73 Å². The highest BCUT2D eigenvalue weighted by atomic mass is 16.5. The quantitative estimate of drug-likeness (QED) is 0.308. The molecule has 4 rings (SSSR count). The third-order valence-electron chi connectivity index (χ3n) is 13.2. The van der Waals surface area contributed by atoms with E-state index in [1.807, 2.05) is 20.8 Å². The van der Waals surface area contributed by atoms with Gasteiger partial charge in [-0.1, -0.05) is 34.6 Å². The number of fused-ring (bicyclic) bond motifs is 5. The minimum atomic E-state index is -0.858. The molecule has 0 bridgehead atoms. The summed E-state index contributed by atoms with van der Waals surface area (Å²) in [6.45, 7) is 19.2. The van der Waals surface area contributed by atoms with Crippen molar-refractivity contribution in [1.29, 1.82) is 0 Å². The largest absolute Gasteiger partial charge is 0.461 e. The van der Waals surface area contributed by atoms with Crippen molar-refractivity contribution in [3.05, 3.63) is 0 Å². The summed E-state index contributed by atoms with van der Waals surface area (Å²) in [6, 6.07) is -0.614. The fourth-order valence-corrected chi connectivity index (χ4v) is 11.0. The standard InChI is InChI=1S/C33H59NO5/c1-20(34)27(36)39-25-13-16-30(6)23(29(25,4)5)12-18-31(7)24(30)19-22(35)26-21(11-17-32(26,31)8)33(9,38)15-10-14-28(2,3)37/h20-26,35,37-38H,10-19,34H2,1-9H3/t20-,21?,22-,23?,24?,25+,26?,30+,31-,32-,33-/m1/s1.